The number of hydrogen-bond donors (Lipinski definition) is 1. The van der Waals surface area contributed by atoms with Crippen LogP contribution >= 0.6 is 27.3 Å². The van der Waals surface area contributed by atoms with E-state index in [-0.39, 0.29) is 0 Å². The van der Waals surface area contributed by atoms with Crippen LogP contribution in [0.3, 0.4) is 0 Å². The Morgan fingerprint density at radius 1 is 1.26 bits per heavy atom. The molecule has 0 saturated carbocycles. The van der Waals surface area contributed by atoms with E-state index in [1.54, 1.807) is 11.3 Å². The highest BCUT2D eigenvalue weighted by atomic mass is 79.9. The van der Waals surface area contributed by atoms with Crippen LogP contribution in [0.25, 0.3) is 0 Å². The predicted octanol–water partition coefficient (Wildman–Crippen LogP) is 5.22. The molecule has 1 heterocycles. The molecule has 1 aromatic carbocycles. The van der Waals surface area contributed by atoms with E-state index in [4.69, 9.17) is 0 Å². The molecule has 2 rings (SSSR count). The number of benzene rings is 1. The Hall–Kier alpha value is -0.640. The summed E-state index contributed by atoms with van der Waals surface area (Å²) in [4.78, 5) is 1.38. The second-order valence-corrected chi connectivity index (χ2v) is 7.50. The maximum absolute atomic E-state index is 3.67. The quantitative estimate of drug-likeness (QED) is 0.788. The Morgan fingerprint density at radius 3 is 2.63 bits per heavy atom. The van der Waals surface area contributed by atoms with Crippen molar-refractivity contribution in [2.24, 2.45) is 0 Å². The molecule has 3 heteroatoms. The zero-order chi connectivity index (χ0) is 13.8. The van der Waals surface area contributed by atoms with Crippen molar-refractivity contribution < 1.29 is 0 Å². The molecule has 2 aromatic rings. The van der Waals surface area contributed by atoms with Gasteiger partial charge in [0.25, 0.3) is 0 Å². The highest BCUT2D eigenvalue weighted by Crippen LogP contribution is 2.33. The molecule has 0 fully saturated rings. The van der Waals surface area contributed by atoms with Crippen LogP contribution in [0.15, 0.2) is 34.1 Å². The normalized spacial score (nSPS) is 12.6. The Kier molecular flexibility index (Phi) is 5.20. The van der Waals surface area contributed by atoms with Gasteiger partial charge in [0.15, 0.2) is 0 Å². The molecule has 0 aliphatic carbocycles. The van der Waals surface area contributed by atoms with Gasteiger partial charge in [0.1, 0.15) is 0 Å². The van der Waals surface area contributed by atoms with Crippen LogP contribution in [0, 0.1) is 13.8 Å². The van der Waals surface area contributed by atoms with Gasteiger partial charge in [-0.3, -0.25) is 0 Å². The standard InChI is InChI=1S/C16H20BrNS/c1-4-8-18-16(13-7-5-6-11(2)9-13)14-10-15(17)19-12(14)3/h5-7,9-10,16,18H,4,8H2,1-3H3. The summed E-state index contributed by atoms with van der Waals surface area (Å²) in [5.74, 6) is 0. The van der Waals surface area contributed by atoms with Gasteiger partial charge in [-0.25, -0.2) is 0 Å². The number of aryl methyl sites for hydroxylation is 2. The van der Waals surface area contributed by atoms with E-state index in [0.717, 1.165) is 13.0 Å². The van der Waals surface area contributed by atoms with Gasteiger partial charge in [0, 0.05) is 4.88 Å². The van der Waals surface area contributed by atoms with E-state index < -0.39 is 0 Å². The van der Waals surface area contributed by atoms with Gasteiger partial charge in [0.2, 0.25) is 0 Å². The molecule has 1 unspecified atom stereocenters. The van der Waals surface area contributed by atoms with Crippen LogP contribution in [-0.4, -0.2) is 6.54 Å². The Labute approximate surface area is 128 Å². The third-order valence-electron chi connectivity index (χ3n) is 3.21. The summed E-state index contributed by atoms with van der Waals surface area (Å²) in [7, 11) is 0. The fourth-order valence-electron chi connectivity index (χ4n) is 2.29. The fourth-order valence-corrected chi connectivity index (χ4v) is 4.04. The molecule has 0 bridgehead atoms. The van der Waals surface area contributed by atoms with E-state index in [2.05, 4.69) is 72.3 Å². The third-order valence-corrected chi connectivity index (χ3v) is 4.78. The lowest BCUT2D eigenvalue weighted by Gasteiger charge is -2.19. The predicted molar refractivity (Wildman–Crippen MR) is 88.1 cm³/mol. The van der Waals surface area contributed by atoms with Gasteiger partial charge in [-0.1, -0.05) is 36.8 Å². The van der Waals surface area contributed by atoms with Gasteiger partial charge in [-0.2, -0.15) is 0 Å². The molecule has 1 N–H and O–H groups in total. The smallest absolute Gasteiger partial charge is 0.0704 e. The summed E-state index contributed by atoms with van der Waals surface area (Å²) < 4.78 is 1.20. The zero-order valence-corrected chi connectivity index (χ0v) is 14.1. The van der Waals surface area contributed by atoms with Gasteiger partial charge in [-0.05, 0) is 59.9 Å². The minimum absolute atomic E-state index is 0.294. The largest absolute Gasteiger partial charge is 0.306 e. The molecule has 0 aliphatic rings. The topological polar surface area (TPSA) is 12.0 Å². The number of thiophene rings is 1. The van der Waals surface area contributed by atoms with Crippen LogP contribution < -0.4 is 5.32 Å². The highest BCUT2D eigenvalue weighted by molar-refractivity contribution is 9.11. The van der Waals surface area contributed by atoms with Crippen LogP contribution in [0.2, 0.25) is 0 Å². The van der Waals surface area contributed by atoms with E-state index in [1.165, 1.54) is 25.4 Å². The molecule has 0 amide bonds. The van der Waals surface area contributed by atoms with E-state index in [1.807, 2.05) is 0 Å². The summed E-state index contributed by atoms with van der Waals surface area (Å²) in [5.41, 5.74) is 4.05. The summed E-state index contributed by atoms with van der Waals surface area (Å²) >= 11 is 5.40. The molecule has 0 radical (unpaired) electrons. The Bertz CT molecular complexity index is 547. The molecule has 1 aromatic heterocycles. The lowest BCUT2D eigenvalue weighted by atomic mass is 9.98. The maximum Gasteiger partial charge on any atom is 0.0704 e. The van der Waals surface area contributed by atoms with Gasteiger partial charge >= 0.3 is 0 Å². The average Bonchev–Trinajstić information content (AvgIpc) is 2.69. The summed E-state index contributed by atoms with van der Waals surface area (Å²) in [6.45, 7) is 7.58. The summed E-state index contributed by atoms with van der Waals surface area (Å²) in [6, 6.07) is 11.3. The first-order valence-electron chi connectivity index (χ1n) is 6.67. The number of halogens is 1. The van der Waals surface area contributed by atoms with Gasteiger partial charge in [-0.15, -0.1) is 11.3 Å². The lowest BCUT2D eigenvalue weighted by Crippen LogP contribution is -2.23. The monoisotopic (exact) mass is 337 g/mol. The second-order valence-electron chi connectivity index (χ2n) is 4.86. The van der Waals surface area contributed by atoms with Crippen LogP contribution in [-0.2, 0) is 0 Å². The SMILES string of the molecule is CCCNC(c1cccc(C)c1)c1cc(Br)sc1C. The van der Waals surface area contributed by atoms with Crippen molar-refractivity contribution in [3.63, 3.8) is 0 Å². The Morgan fingerprint density at radius 2 is 2.05 bits per heavy atom. The van der Waals surface area contributed by atoms with Crippen molar-refractivity contribution in [3.05, 3.63) is 55.7 Å². The fraction of sp³-hybridized carbons (Fsp3) is 0.375. The summed E-state index contributed by atoms with van der Waals surface area (Å²) in [6.07, 6.45) is 1.15. The molecular formula is C16H20BrNS. The minimum atomic E-state index is 0.294. The molecule has 0 saturated heterocycles. The first-order chi connectivity index (χ1) is 9.11. The molecule has 0 aliphatic heterocycles. The number of nitrogens with one attached hydrogen (secondary N) is 1. The lowest BCUT2D eigenvalue weighted by molar-refractivity contribution is 0.598. The van der Waals surface area contributed by atoms with E-state index in [0.29, 0.717) is 6.04 Å². The van der Waals surface area contributed by atoms with Crippen molar-refractivity contribution in [3.8, 4) is 0 Å². The first kappa shape index (κ1) is 14.8. The highest BCUT2D eigenvalue weighted by Gasteiger charge is 2.17. The molecule has 19 heavy (non-hydrogen) atoms. The third kappa shape index (κ3) is 3.68. The molecular weight excluding hydrogens is 318 g/mol. The van der Waals surface area contributed by atoms with E-state index in [9.17, 15) is 0 Å². The van der Waals surface area contributed by atoms with Crippen molar-refractivity contribution >= 4 is 27.3 Å². The summed E-state index contributed by atoms with van der Waals surface area (Å²) in [5, 5.41) is 3.67. The van der Waals surface area contributed by atoms with Crippen molar-refractivity contribution in [2.45, 2.75) is 33.2 Å². The van der Waals surface area contributed by atoms with Gasteiger partial charge < -0.3 is 5.32 Å². The van der Waals surface area contributed by atoms with Crippen LogP contribution in [0.1, 0.15) is 41.0 Å². The minimum Gasteiger partial charge on any atom is -0.306 e. The number of hydrogen-bond acceptors (Lipinski definition) is 2. The van der Waals surface area contributed by atoms with Gasteiger partial charge in [0.05, 0.1) is 9.83 Å². The van der Waals surface area contributed by atoms with Crippen LogP contribution in [0.5, 0.6) is 0 Å². The van der Waals surface area contributed by atoms with Crippen molar-refractivity contribution in [1.82, 2.24) is 5.32 Å². The second kappa shape index (κ2) is 6.69. The first-order valence-corrected chi connectivity index (χ1v) is 8.28. The molecule has 1 atom stereocenters. The Balaban J connectivity index is 2.38. The van der Waals surface area contributed by atoms with Crippen molar-refractivity contribution in [1.29, 1.82) is 0 Å². The average molecular weight is 338 g/mol. The van der Waals surface area contributed by atoms with Crippen molar-refractivity contribution in [2.75, 3.05) is 6.54 Å². The van der Waals surface area contributed by atoms with E-state index >= 15 is 0 Å². The molecule has 102 valence electrons. The maximum atomic E-state index is 3.67. The zero-order valence-electron chi connectivity index (χ0n) is 11.7. The van der Waals surface area contributed by atoms with Crippen LogP contribution in [0.4, 0.5) is 0 Å². The molecule has 0 spiro atoms. The number of rotatable bonds is 5. The molecule has 1 nitrogen and oxygen atoms in total.